The third-order valence-electron chi connectivity index (χ3n) is 4.49. The molecule has 0 radical (unpaired) electrons. The van der Waals surface area contributed by atoms with Crippen molar-refractivity contribution in [2.24, 2.45) is 11.8 Å². The molecule has 1 aromatic rings. The van der Waals surface area contributed by atoms with Gasteiger partial charge in [-0.25, -0.2) is 0 Å². The summed E-state index contributed by atoms with van der Waals surface area (Å²) < 4.78 is 15.8. The van der Waals surface area contributed by atoms with Crippen LogP contribution >= 0.6 is 0 Å². The fourth-order valence-corrected chi connectivity index (χ4v) is 3.16. The van der Waals surface area contributed by atoms with Crippen LogP contribution in [0, 0.1) is 23.2 Å². The third kappa shape index (κ3) is 10.3. The maximum absolute atomic E-state index is 13.2. The Bertz CT molecular complexity index is 856. The molecule has 33 heavy (non-hydrogen) atoms. The molecule has 180 valence electrons. The van der Waals surface area contributed by atoms with Crippen LogP contribution in [0.3, 0.4) is 0 Å². The van der Waals surface area contributed by atoms with E-state index < -0.39 is 40.9 Å². The molecular formula is C26H35NO6. The minimum atomic E-state index is -1.35. The topological polar surface area (TPSA) is 103 Å². The molecule has 1 atom stereocenters. The zero-order chi connectivity index (χ0) is 25.2. The molecule has 0 N–H and O–H groups in total. The fraction of sp³-hybridized carbons (Fsp3) is 0.538. The van der Waals surface area contributed by atoms with Gasteiger partial charge in [0.2, 0.25) is 0 Å². The predicted molar refractivity (Wildman–Crippen MR) is 124 cm³/mol. The number of hydrogen-bond donors (Lipinski definition) is 0. The van der Waals surface area contributed by atoms with Crippen LogP contribution in [-0.4, -0.2) is 36.2 Å². The summed E-state index contributed by atoms with van der Waals surface area (Å²) >= 11 is 0. The normalized spacial score (nSPS) is 13.1. The number of allylic oxidation sites excluding steroid dienone is 2. The van der Waals surface area contributed by atoms with E-state index in [9.17, 15) is 19.6 Å². The van der Waals surface area contributed by atoms with Crippen molar-refractivity contribution < 1.29 is 28.6 Å². The second-order valence-corrected chi connectivity index (χ2v) is 9.73. The Kier molecular flexibility index (Phi) is 10.3. The molecule has 0 fully saturated rings. The summed E-state index contributed by atoms with van der Waals surface area (Å²) in [5.74, 6) is -4.12. The number of nitrogens with zero attached hydrogens (tertiary/aromatic N) is 1. The average molecular weight is 458 g/mol. The van der Waals surface area contributed by atoms with Crippen molar-refractivity contribution in [1.82, 2.24) is 0 Å². The average Bonchev–Trinajstić information content (AvgIpc) is 2.68. The number of rotatable bonds is 9. The molecular weight excluding hydrogens is 422 g/mol. The molecule has 1 aromatic carbocycles. The monoisotopic (exact) mass is 457 g/mol. The Labute approximate surface area is 196 Å². The molecule has 0 aliphatic heterocycles. The predicted octanol–water partition coefficient (Wildman–Crippen LogP) is 4.55. The molecule has 0 aliphatic carbocycles. The van der Waals surface area contributed by atoms with Gasteiger partial charge < -0.3 is 14.2 Å². The third-order valence-corrected chi connectivity index (χ3v) is 4.49. The van der Waals surface area contributed by atoms with Crippen molar-refractivity contribution in [3.05, 3.63) is 47.5 Å². The van der Waals surface area contributed by atoms with Gasteiger partial charge in [-0.05, 0) is 59.9 Å². The lowest BCUT2D eigenvalue weighted by atomic mass is 9.80. The number of carbonyl (C=O) groups excluding carboxylic acids is 3. The summed E-state index contributed by atoms with van der Waals surface area (Å²) in [4.78, 5) is 38.0. The van der Waals surface area contributed by atoms with Gasteiger partial charge in [-0.15, -0.1) is 0 Å². The van der Waals surface area contributed by atoms with Gasteiger partial charge in [0.1, 0.15) is 11.2 Å². The summed E-state index contributed by atoms with van der Waals surface area (Å²) in [6, 6.07) is 11.4. The largest absolute Gasteiger partial charge is 0.469 e. The van der Waals surface area contributed by atoms with E-state index in [0.717, 1.165) is 5.56 Å². The van der Waals surface area contributed by atoms with E-state index in [-0.39, 0.29) is 24.8 Å². The summed E-state index contributed by atoms with van der Waals surface area (Å²) in [6.45, 7) is 10.3. The molecule has 7 nitrogen and oxygen atoms in total. The van der Waals surface area contributed by atoms with Gasteiger partial charge in [0.25, 0.3) is 0 Å². The van der Waals surface area contributed by atoms with Crippen molar-refractivity contribution in [1.29, 1.82) is 5.26 Å². The summed E-state index contributed by atoms with van der Waals surface area (Å²) in [5, 5.41) is 9.94. The number of hydrogen-bond acceptors (Lipinski definition) is 7. The molecule has 0 saturated carbocycles. The quantitative estimate of drug-likeness (QED) is 0.232. The molecule has 7 heteroatoms. The van der Waals surface area contributed by atoms with Crippen LogP contribution < -0.4 is 0 Å². The standard InChI is InChI=1S/C26H35NO6/c1-25(2,3)32-23(29)22(24(30)33-26(4,5)6)20(16-18-12-9-8-10-13-18)19(17-27)14-11-15-21(28)31-7/h8-10,12-14,20,22H,11,15-16H2,1-7H3/b19-14-. The highest BCUT2D eigenvalue weighted by Gasteiger charge is 2.42. The fourth-order valence-electron chi connectivity index (χ4n) is 3.16. The second-order valence-electron chi connectivity index (χ2n) is 9.73. The Morgan fingerprint density at radius 3 is 1.91 bits per heavy atom. The van der Waals surface area contributed by atoms with E-state index in [1.807, 2.05) is 30.3 Å². The molecule has 0 amide bonds. The van der Waals surface area contributed by atoms with Gasteiger partial charge in [0, 0.05) is 17.9 Å². The Morgan fingerprint density at radius 2 is 1.48 bits per heavy atom. The smallest absolute Gasteiger partial charge is 0.321 e. The maximum Gasteiger partial charge on any atom is 0.321 e. The van der Waals surface area contributed by atoms with Gasteiger partial charge in [-0.2, -0.15) is 5.26 Å². The molecule has 1 unspecified atom stereocenters. The first-order valence-corrected chi connectivity index (χ1v) is 10.9. The van der Waals surface area contributed by atoms with Gasteiger partial charge in [-0.1, -0.05) is 36.4 Å². The van der Waals surface area contributed by atoms with Crippen LogP contribution in [0.1, 0.15) is 59.9 Å². The summed E-state index contributed by atoms with van der Waals surface area (Å²) in [7, 11) is 1.29. The number of ether oxygens (including phenoxy) is 3. The van der Waals surface area contributed by atoms with Crippen LogP contribution in [0.4, 0.5) is 0 Å². The van der Waals surface area contributed by atoms with Gasteiger partial charge in [-0.3, -0.25) is 14.4 Å². The molecule has 0 spiro atoms. The van der Waals surface area contributed by atoms with Crippen molar-refractivity contribution in [2.45, 2.75) is 72.0 Å². The summed E-state index contributed by atoms with van der Waals surface area (Å²) in [6.07, 6.45) is 2.12. The van der Waals surface area contributed by atoms with Gasteiger partial charge in [0.05, 0.1) is 13.2 Å². The molecule has 1 rings (SSSR count). The van der Waals surface area contributed by atoms with E-state index in [1.54, 1.807) is 47.6 Å². The van der Waals surface area contributed by atoms with Crippen molar-refractivity contribution in [3.8, 4) is 6.07 Å². The molecule has 0 aliphatic rings. The van der Waals surface area contributed by atoms with E-state index >= 15 is 0 Å². The first-order chi connectivity index (χ1) is 15.3. The Morgan fingerprint density at radius 1 is 0.970 bits per heavy atom. The number of esters is 3. The zero-order valence-corrected chi connectivity index (χ0v) is 20.6. The van der Waals surface area contributed by atoms with Gasteiger partial charge in [0.15, 0.2) is 5.92 Å². The van der Waals surface area contributed by atoms with E-state index in [2.05, 4.69) is 10.8 Å². The Balaban J connectivity index is 3.50. The van der Waals surface area contributed by atoms with Crippen LogP contribution in [0.2, 0.25) is 0 Å². The zero-order valence-electron chi connectivity index (χ0n) is 20.6. The summed E-state index contributed by atoms with van der Waals surface area (Å²) in [5.41, 5.74) is -0.621. The SMILES string of the molecule is COC(=O)CC/C=C(/C#N)C(Cc1ccccc1)C(C(=O)OC(C)(C)C)C(=O)OC(C)(C)C. The highest BCUT2D eigenvalue weighted by molar-refractivity contribution is 5.96. The van der Waals surface area contributed by atoms with Crippen LogP contribution in [0.5, 0.6) is 0 Å². The molecule has 0 aromatic heterocycles. The minimum absolute atomic E-state index is 0.0727. The molecule has 0 saturated heterocycles. The van der Waals surface area contributed by atoms with E-state index in [0.29, 0.717) is 0 Å². The Hall–Kier alpha value is -3.14. The second kappa shape index (κ2) is 12.2. The molecule has 0 heterocycles. The van der Waals surface area contributed by atoms with E-state index in [1.165, 1.54) is 7.11 Å². The van der Waals surface area contributed by atoms with Crippen molar-refractivity contribution >= 4 is 17.9 Å². The maximum atomic E-state index is 13.2. The van der Waals surface area contributed by atoms with E-state index in [4.69, 9.17) is 9.47 Å². The highest BCUT2D eigenvalue weighted by Crippen LogP contribution is 2.31. The minimum Gasteiger partial charge on any atom is -0.469 e. The van der Waals surface area contributed by atoms with Crippen molar-refractivity contribution in [2.75, 3.05) is 7.11 Å². The molecule has 0 bridgehead atoms. The first-order valence-electron chi connectivity index (χ1n) is 10.9. The lowest BCUT2D eigenvalue weighted by Gasteiger charge is -2.30. The lowest BCUT2D eigenvalue weighted by Crippen LogP contribution is -2.41. The lowest BCUT2D eigenvalue weighted by molar-refractivity contribution is -0.176. The first kappa shape index (κ1) is 27.9. The highest BCUT2D eigenvalue weighted by atomic mass is 16.6. The number of carbonyl (C=O) groups is 3. The van der Waals surface area contributed by atoms with Gasteiger partial charge >= 0.3 is 17.9 Å². The number of benzene rings is 1. The van der Waals surface area contributed by atoms with Crippen molar-refractivity contribution in [3.63, 3.8) is 0 Å². The van der Waals surface area contributed by atoms with Crippen LogP contribution in [0.15, 0.2) is 42.0 Å². The number of nitriles is 1. The van der Waals surface area contributed by atoms with Crippen LogP contribution in [-0.2, 0) is 35.0 Å². The van der Waals surface area contributed by atoms with Crippen LogP contribution in [0.25, 0.3) is 0 Å². The number of methoxy groups -OCH3 is 1.